The topological polar surface area (TPSA) is 73.4 Å². The third kappa shape index (κ3) is 2.15. The number of fused-ring (bicyclic) bond motifs is 1. The molecule has 0 spiro atoms. The van der Waals surface area contributed by atoms with Crippen molar-refractivity contribution in [3.8, 4) is 11.5 Å². The number of nitrogens with one attached hydrogen (secondary N) is 1. The Kier molecular flexibility index (Phi) is 3.08. The van der Waals surface area contributed by atoms with E-state index in [1.165, 1.54) is 0 Å². The van der Waals surface area contributed by atoms with E-state index in [0.717, 1.165) is 12.8 Å². The van der Waals surface area contributed by atoms with Crippen LogP contribution in [0.25, 0.3) is 10.8 Å². The predicted octanol–water partition coefficient (Wildman–Crippen LogP) is 1.45. The Morgan fingerprint density at radius 1 is 1.42 bits per heavy atom. The van der Waals surface area contributed by atoms with Gasteiger partial charge in [0, 0.05) is 6.42 Å². The average Bonchev–Trinajstić information content (AvgIpc) is 2.93. The molecule has 1 N–H and O–H groups in total. The normalized spacial score (nSPS) is 18.7. The SMILES string of the molecule is COc1ccc2c(=O)[nH]ncc2c1OC1CCCO1. The molecule has 0 bridgehead atoms. The van der Waals surface area contributed by atoms with Gasteiger partial charge in [-0.2, -0.15) is 5.10 Å². The molecule has 1 unspecified atom stereocenters. The molecular weight excluding hydrogens is 248 g/mol. The van der Waals surface area contributed by atoms with Crippen LogP contribution in [-0.2, 0) is 4.74 Å². The summed E-state index contributed by atoms with van der Waals surface area (Å²) in [4.78, 5) is 11.7. The van der Waals surface area contributed by atoms with Crippen molar-refractivity contribution in [2.24, 2.45) is 0 Å². The molecule has 19 heavy (non-hydrogen) atoms. The number of nitrogens with zero attached hydrogens (tertiary/aromatic N) is 1. The first-order chi connectivity index (χ1) is 9.29. The van der Waals surface area contributed by atoms with Gasteiger partial charge in [0.2, 0.25) is 0 Å². The van der Waals surface area contributed by atoms with E-state index in [9.17, 15) is 4.79 Å². The first kappa shape index (κ1) is 12.0. The highest BCUT2D eigenvalue weighted by Crippen LogP contribution is 2.35. The van der Waals surface area contributed by atoms with Gasteiger partial charge in [-0.3, -0.25) is 4.79 Å². The van der Waals surface area contributed by atoms with E-state index in [2.05, 4.69) is 10.2 Å². The third-order valence-corrected chi connectivity index (χ3v) is 3.12. The van der Waals surface area contributed by atoms with Crippen LogP contribution in [-0.4, -0.2) is 30.2 Å². The fraction of sp³-hybridized carbons (Fsp3) is 0.385. The first-order valence-electron chi connectivity index (χ1n) is 6.12. The Morgan fingerprint density at radius 3 is 3.05 bits per heavy atom. The van der Waals surface area contributed by atoms with Crippen molar-refractivity contribution < 1.29 is 14.2 Å². The van der Waals surface area contributed by atoms with Gasteiger partial charge in [-0.05, 0) is 18.6 Å². The summed E-state index contributed by atoms with van der Waals surface area (Å²) in [6.45, 7) is 0.691. The van der Waals surface area contributed by atoms with Crippen LogP contribution in [0.3, 0.4) is 0 Å². The lowest BCUT2D eigenvalue weighted by atomic mass is 10.1. The molecule has 1 aliphatic rings. The molecule has 1 aromatic heterocycles. The lowest BCUT2D eigenvalue weighted by molar-refractivity contribution is -0.0393. The monoisotopic (exact) mass is 262 g/mol. The number of hydrogen-bond donors (Lipinski definition) is 1. The van der Waals surface area contributed by atoms with Gasteiger partial charge in [-0.15, -0.1) is 0 Å². The van der Waals surface area contributed by atoms with Crippen molar-refractivity contribution in [1.29, 1.82) is 0 Å². The van der Waals surface area contributed by atoms with Crippen molar-refractivity contribution in [1.82, 2.24) is 10.2 Å². The molecule has 2 heterocycles. The van der Waals surface area contributed by atoms with Gasteiger partial charge in [0.25, 0.3) is 5.56 Å². The van der Waals surface area contributed by atoms with Gasteiger partial charge >= 0.3 is 0 Å². The Morgan fingerprint density at radius 2 is 2.32 bits per heavy atom. The van der Waals surface area contributed by atoms with Gasteiger partial charge in [0.15, 0.2) is 17.8 Å². The molecule has 1 aliphatic heterocycles. The predicted molar refractivity (Wildman–Crippen MR) is 68.5 cm³/mol. The largest absolute Gasteiger partial charge is 0.493 e. The number of aromatic nitrogens is 2. The van der Waals surface area contributed by atoms with Crippen LogP contribution in [0, 0.1) is 0 Å². The van der Waals surface area contributed by atoms with E-state index in [1.54, 1.807) is 25.4 Å². The zero-order valence-electron chi connectivity index (χ0n) is 10.5. The van der Waals surface area contributed by atoms with E-state index in [1.807, 2.05) is 0 Å². The minimum absolute atomic E-state index is 0.252. The summed E-state index contributed by atoms with van der Waals surface area (Å²) >= 11 is 0. The smallest absolute Gasteiger partial charge is 0.272 e. The van der Waals surface area contributed by atoms with Crippen molar-refractivity contribution in [3.05, 3.63) is 28.7 Å². The second-order valence-corrected chi connectivity index (χ2v) is 4.32. The molecule has 2 aromatic rings. The maximum Gasteiger partial charge on any atom is 0.272 e. The van der Waals surface area contributed by atoms with Gasteiger partial charge in [0.05, 0.1) is 30.7 Å². The Labute approximate surface area is 109 Å². The van der Waals surface area contributed by atoms with Gasteiger partial charge in [-0.25, -0.2) is 5.10 Å². The number of aromatic amines is 1. The molecule has 3 rings (SSSR count). The second-order valence-electron chi connectivity index (χ2n) is 4.32. The van der Waals surface area contributed by atoms with E-state index < -0.39 is 0 Å². The molecule has 6 nitrogen and oxygen atoms in total. The van der Waals surface area contributed by atoms with Crippen LogP contribution in [0.2, 0.25) is 0 Å². The number of hydrogen-bond acceptors (Lipinski definition) is 5. The number of methoxy groups -OCH3 is 1. The lowest BCUT2D eigenvalue weighted by Crippen LogP contribution is -2.16. The highest BCUT2D eigenvalue weighted by molar-refractivity contribution is 5.89. The van der Waals surface area contributed by atoms with Crippen LogP contribution in [0.15, 0.2) is 23.1 Å². The molecule has 6 heteroatoms. The molecule has 0 aliphatic carbocycles. The highest BCUT2D eigenvalue weighted by atomic mass is 16.7. The first-order valence-corrected chi connectivity index (χ1v) is 6.12. The molecule has 1 saturated heterocycles. The number of benzene rings is 1. The summed E-state index contributed by atoms with van der Waals surface area (Å²) in [5.41, 5.74) is -0.252. The van der Waals surface area contributed by atoms with E-state index in [4.69, 9.17) is 14.2 Å². The summed E-state index contributed by atoms with van der Waals surface area (Å²) in [5.74, 6) is 1.07. The van der Waals surface area contributed by atoms with Crippen LogP contribution in [0.5, 0.6) is 11.5 Å². The summed E-state index contributed by atoms with van der Waals surface area (Å²) in [7, 11) is 1.56. The minimum atomic E-state index is -0.293. The van der Waals surface area contributed by atoms with Crippen molar-refractivity contribution in [2.45, 2.75) is 19.1 Å². The van der Waals surface area contributed by atoms with E-state index >= 15 is 0 Å². The summed E-state index contributed by atoms with van der Waals surface area (Å²) in [5, 5.41) is 7.35. The Hall–Kier alpha value is -2.08. The highest BCUT2D eigenvalue weighted by Gasteiger charge is 2.21. The Balaban J connectivity index is 2.12. The minimum Gasteiger partial charge on any atom is -0.493 e. The Bertz CT molecular complexity index is 647. The second kappa shape index (κ2) is 4.89. The molecule has 1 aromatic carbocycles. The van der Waals surface area contributed by atoms with Crippen LogP contribution < -0.4 is 15.0 Å². The van der Waals surface area contributed by atoms with Crippen molar-refractivity contribution >= 4 is 10.8 Å². The fourth-order valence-electron chi connectivity index (χ4n) is 2.18. The summed E-state index contributed by atoms with van der Waals surface area (Å²) in [6, 6.07) is 3.40. The number of H-pyrrole nitrogens is 1. The molecular formula is C13H14N2O4. The zero-order chi connectivity index (χ0) is 13.2. The fourth-order valence-corrected chi connectivity index (χ4v) is 2.18. The van der Waals surface area contributed by atoms with E-state index in [-0.39, 0.29) is 11.8 Å². The molecule has 100 valence electrons. The number of rotatable bonds is 3. The zero-order valence-corrected chi connectivity index (χ0v) is 10.5. The van der Waals surface area contributed by atoms with Gasteiger partial charge < -0.3 is 14.2 Å². The molecule has 1 atom stereocenters. The summed E-state index contributed by atoms with van der Waals surface area (Å²) < 4.78 is 16.6. The molecule has 1 fully saturated rings. The molecule has 0 radical (unpaired) electrons. The van der Waals surface area contributed by atoms with E-state index in [0.29, 0.717) is 28.9 Å². The van der Waals surface area contributed by atoms with Gasteiger partial charge in [0.1, 0.15) is 0 Å². The van der Waals surface area contributed by atoms with Crippen molar-refractivity contribution in [3.63, 3.8) is 0 Å². The van der Waals surface area contributed by atoms with Crippen LogP contribution >= 0.6 is 0 Å². The maximum atomic E-state index is 11.7. The quantitative estimate of drug-likeness (QED) is 0.906. The standard InChI is InChI=1S/C13H14N2O4/c1-17-10-5-4-8-9(7-14-15-13(8)16)12(10)19-11-3-2-6-18-11/h4-5,7,11H,2-3,6H2,1H3,(H,15,16). The number of ether oxygens (including phenoxy) is 3. The maximum absolute atomic E-state index is 11.7. The van der Waals surface area contributed by atoms with Crippen LogP contribution in [0.1, 0.15) is 12.8 Å². The molecule has 0 saturated carbocycles. The van der Waals surface area contributed by atoms with Gasteiger partial charge in [-0.1, -0.05) is 0 Å². The molecule has 0 amide bonds. The van der Waals surface area contributed by atoms with Crippen LogP contribution in [0.4, 0.5) is 0 Å². The summed E-state index contributed by atoms with van der Waals surface area (Å²) in [6.07, 6.45) is 3.06. The lowest BCUT2D eigenvalue weighted by Gasteiger charge is -2.16. The average molecular weight is 262 g/mol. The third-order valence-electron chi connectivity index (χ3n) is 3.12. The van der Waals surface area contributed by atoms with Crippen molar-refractivity contribution in [2.75, 3.05) is 13.7 Å².